The van der Waals surface area contributed by atoms with E-state index in [0.717, 1.165) is 30.3 Å². The summed E-state index contributed by atoms with van der Waals surface area (Å²) in [4.78, 5) is 2.83. The molecular weight excluding hydrogens is 196 g/mol. The zero-order valence-corrected chi connectivity index (χ0v) is 10.6. The van der Waals surface area contributed by atoms with Crippen molar-refractivity contribution in [3.63, 3.8) is 0 Å². The van der Waals surface area contributed by atoms with Crippen molar-refractivity contribution in [2.45, 2.75) is 45.1 Å². The standard InChI is InChI=1S/C14H26N2/c1-2-15-8-11-6-7-14(11)16-9-12-4-3-5-13(12)10-16/h11-15H,2-10H2,1H3. The Morgan fingerprint density at radius 2 is 1.81 bits per heavy atom. The third-order valence-electron chi connectivity index (χ3n) is 5.26. The van der Waals surface area contributed by atoms with Gasteiger partial charge >= 0.3 is 0 Å². The lowest BCUT2D eigenvalue weighted by Gasteiger charge is -2.43. The minimum absolute atomic E-state index is 0.935. The van der Waals surface area contributed by atoms with Crippen LogP contribution in [0.1, 0.15) is 39.0 Å². The predicted molar refractivity (Wildman–Crippen MR) is 67.5 cm³/mol. The maximum Gasteiger partial charge on any atom is 0.0136 e. The fourth-order valence-electron chi connectivity index (χ4n) is 4.14. The molecule has 4 unspecified atom stereocenters. The van der Waals surface area contributed by atoms with Gasteiger partial charge in [0.2, 0.25) is 0 Å². The molecule has 2 aliphatic carbocycles. The smallest absolute Gasteiger partial charge is 0.0136 e. The van der Waals surface area contributed by atoms with E-state index in [9.17, 15) is 0 Å². The summed E-state index contributed by atoms with van der Waals surface area (Å²) in [5.41, 5.74) is 0. The normalized spacial score (nSPS) is 43.3. The first-order valence-corrected chi connectivity index (χ1v) is 7.33. The molecule has 0 aromatic carbocycles. The van der Waals surface area contributed by atoms with E-state index in [4.69, 9.17) is 0 Å². The van der Waals surface area contributed by atoms with E-state index in [1.54, 1.807) is 0 Å². The quantitative estimate of drug-likeness (QED) is 0.784. The molecule has 1 aliphatic heterocycles. The van der Waals surface area contributed by atoms with Crippen molar-refractivity contribution >= 4 is 0 Å². The summed E-state index contributed by atoms with van der Waals surface area (Å²) in [5, 5.41) is 3.53. The summed E-state index contributed by atoms with van der Waals surface area (Å²) < 4.78 is 0. The van der Waals surface area contributed by atoms with E-state index in [1.165, 1.54) is 51.7 Å². The van der Waals surface area contributed by atoms with Gasteiger partial charge in [-0.15, -0.1) is 0 Å². The van der Waals surface area contributed by atoms with Crippen LogP contribution in [0, 0.1) is 17.8 Å². The molecule has 1 heterocycles. The van der Waals surface area contributed by atoms with E-state index < -0.39 is 0 Å². The molecule has 16 heavy (non-hydrogen) atoms. The Bertz CT molecular complexity index is 229. The Morgan fingerprint density at radius 3 is 2.38 bits per heavy atom. The summed E-state index contributed by atoms with van der Waals surface area (Å²) >= 11 is 0. The molecule has 0 bridgehead atoms. The molecule has 0 amide bonds. The van der Waals surface area contributed by atoms with Crippen LogP contribution in [0.4, 0.5) is 0 Å². The lowest BCUT2D eigenvalue weighted by Crippen LogP contribution is -2.49. The molecule has 3 aliphatic rings. The van der Waals surface area contributed by atoms with Gasteiger partial charge in [-0.05, 0) is 56.5 Å². The predicted octanol–water partition coefficient (Wildman–Crippen LogP) is 2.11. The average molecular weight is 222 g/mol. The van der Waals surface area contributed by atoms with Crippen LogP contribution < -0.4 is 5.32 Å². The topological polar surface area (TPSA) is 15.3 Å². The van der Waals surface area contributed by atoms with Crippen molar-refractivity contribution in [3.05, 3.63) is 0 Å². The van der Waals surface area contributed by atoms with Crippen molar-refractivity contribution < 1.29 is 0 Å². The molecule has 1 N–H and O–H groups in total. The fraction of sp³-hybridized carbons (Fsp3) is 1.00. The number of rotatable bonds is 4. The van der Waals surface area contributed by atoms with Crippen LogP contribution >= 0.6 is 0 Å². The molecule has 2 heteroatoms. The minimum atomic E-state index is 0.935. The largest absolute Gasteiger partial charge is 0.317 e. The molecule has 0 aromatic rings. The van der Waals surface area contributed by atoms with E-state index in [2.05, 4.69) is 17.1 Å². The molecule has 3 rings (SSSR count). The molecule has 0 radical (unpaired) electrons. The van der Waals surface area contributed by atoms with Crippen LogP contribution in [0.25, 0.3) is 0 Å². The van der Waals surface area contributed by atoms with Crippen molar-refractivity contribution in [1.29, 1.82) is 0 Å². The Hall–Kier alpha value is -0.0800. The minimum Gasteiger partial charge on any atom is -0.317 e. The second kappa shape index (κ2) is 4.66. The van der Waals surface area contributed by atoms with Crippen molar-refractivity contribution in [1.82, 2.24) is 10.2 Å². The van der Waals surface area contributed by atoms with E-state index in [0.29, 0.717) is 0 Å². The molecule has 92 valence electrons. The first-order chi connectivity index (χ1) is 7.88. The number of hydrogen-bond acceptors (Lipinski definition) is 2. The summed E-state index contributed by atoms with van der Waals surface area (Å²) in [6.45, 7) is 7.46. The number of nitrogens with zero attached hydrogens (tertiary/aromatic N) is 1. The van der Waals surface area contributed by atoms with E-state index in [1.807, 2.05) is 0 Å². The van der Waals surface area contributed by atoms with Crippen LogP contribution in [0.15, 0.2) is 0 Å². The highest BCUT2D eigenvalue weighted by atomic mass is 15.2. The van der Waals surface area contributed by atoms with Crippen LogP contribution in [-0.4, -0.2) is 37.1 Å². The first-order valence-electron chi connectivity index (χ1n) is 7.33. The molecule has 2 nitrogen and oxygen atoms in total. The monoisotopic (exact) mass is 222 g/mol. The van der Waals surface area contributed by atoms with Gasteiger partial charge in [-0.25, -0.2) is 0 Å². The lowest BCUT2D eigenvalue weighted by molar-refractivity contribution is 0.0756. The molecule has 3 fully saturated rings. The Labute approximate surface area is 99.8 Å². The molecule has 2 saturated carbocycles. The zero-order valence-electron chi connectivity index (χ0n) is 10.6. The lowest BCUT2D eigenvalue weighted by atomic mass is 9.78. The van der Waals surface area contributed by atoms with Crippen LogP contribution in [0.2, 0.25) is 0 Å². The second-order valence-corrected chi connectivity index (χ2v) is 6.12. The molecular formula is C14H26N2. The zero-order chi connectivity index (χ0) is 11.0. The third kappa shape index (κ3) is 1.91. The van der Waals surface area contributed by atoms with E-state index >= 15 is 0 Å². The summed E-state index contributed by atoms with van der Waals surface area (Å²) in [6, 6.07) is 0.935. The second-order valence-electron chi connectivity index (χ2n) is 6.12. The summed E-state index contributed by atoms with van der Waals surface area (Å²) in [6.07, 6.45) is 7.48. The highest BCUT2D eigenvalue weighted by molar-refractivity contribution is 4.97. The van der Waals surface area contributed by atoms with E-state index in [-0.39, 0.29) is 0 Å². The Balaban J connectivity index is 1.51. The molecule has 1 saturated heterocycles. The van der Waals surface area contributed by atoms with Gasteiger partial charge in [0.15, 0.2) is 0 Å². The summed E-state index contributed by atoms with van der Waals surface area (Å²) in [5.74, 6) is 3.10. The SMILES string of the molecule is CCNCC1CCC1N1CC2CCCC2C1. The van der Waals surface area contributed by atoms with Crippen molar-refractivity contribution in [2.75, 3.05) is 26.2 Å². The number of hydrogen-bond donors (Lipinski definition) is 1. The van der Waals surface area contributed by atoms with Crippen molar-refractivity contribution in [3.8, 4) is 0 Å². The maximum atomic E-state index is 3.53. The van der Waals surface area contributed by atoms with Gasteiger partial charge in [0.1, 0.15) is 0 Å². The van der Waals surface area contributed by atoms with Gasteiger partial charge in [0.05, 0.1) is 0 Å². The van der Waals surface area contributed by atoms with Gasteiger partial charge in [-0.2, -0.15) is 0 Å². The number of fused-ring (bicyclic) bond motifs is 1. The summed E-state index contributed by atoms with van der Waals surface area (Å²) in [7, 11) is 0. The van der Waals surface area contributed by atoms with Crippen LogP contribution in [0.5, 0.6) is 0 Å². The number of likely N-dealkylation sites (tertiary alicyclic amines) is 1. The molecule has 0 spiro atoms. The molecule has 4 atom stereocenters. The highest BCUT2D eigenvalue weighted by Crippen LogP contribution is 2.42. The highest BCUT2D eigenvalue weighted by Gasteiger charge is 2.43. The van der Waals surface area contributed by atoms with Gasteiger partial charge in [-0.1, -0.05) is 13.3 Å². The van der Waals surface area contributed by atoms with Crippen molar-refractivity contribution in [2.24, 2.45) is 17.8 Å². The van der Waals surface area contributed by atoms with Crippen LogP contribution in [0.3, 0.4) is 0 Å². The molecule has 0 aromatic heterocycles. The van der Waals surface area contributed by atoms with Gasteiger partial charge < -0.3 is 5.32 Å². The van der Waals surface area contributed by atoms with Crippen LogP contribution in [-0.2, 0) is 0 Å². The van der Waals surface area contributed by atoms with Gasteiger partial charge in [-0.3, -0.25) is 4.90 Å². The van der Waals surface area contributed by atoms with Gasteiger partial charge in [0, 0.05) is 19.1 Å². The Kier molecular flexibility index (Phi) is 3.21. The fourth-order valence-corrected chi connectivity index (χ4v) is 4.14. The first kappa shape index (κ1) is 11.0. The Morgan fingerprint density at radius 1 is 1.06 bits per heavy atom. The van der Waals surface area contributed by atoms with Gasteiger partial charge in [0.25, 0.3) is 0 Å². The maximum absolute atomic E-state index is 3.53. The third-order valence-corrected chi connectivity index (χ3v) is 5.26. The number of nitrogens with one attached hydrogen (secondary N) is 1. The average Bonchev–Trinajstić information content (AvgIpc) is 2.77.